The average Bonchev–Trinajstić information content (AvgIpc) is 2.88. The number of nitrogens with zero attached hydrogens (tertiary/aromatic N) is 1. The van der Waals surface area contributed by atoms with E-state index in [1.807, 2.05) is 18.2 Å². The minimum atomic E-state index is 0.922. The maximum atomic E-state index is 4.68. The predicted octanol–water partition coefficient (Wildman–Crippen LogP) is 4.38. The molecule has 1 heterocycles. The van der Waals surface area contributed by atoms with Crippen molar-refractivity contribution >= 4 is 21.8 Å². The van der Waals surface area contributed by atoms with E-state index in [1.165, 1.54) is 10.8 Å². The second kappa shape index (κ2) is 3.95. The molecule has 0 fully saturated rings. The number of hydrogen-bond acceptors (Lipinski definition) is 1. The first kappa shape index (κ1) is 10.3. The van der Waals surface area contributed by atoms with Gasteiger partial charge in [-0.05, 0) is 22.9 Å². The highest BCUT2D eigenvalue weighted by Crippen LogP contribution is 2.24. The van der Waals surface area contributed by atoms with Crippen LogP contribution in [0.5, 0.6) is 0 Å². The zero-order valence-corrected chi connectivity index (χ0v) is 10.3. The fourth-order valence-electron chi connectivity index (χ4n) is 2.43. The molecule has 0 unspecified atom stereocenters. The fourth-order valence-corrected chi connectivity index (χ4v) is 2.43. The monoisotopic (exact) mass is 244 g/mol. The van der Waals surface area contributed by atoms with Crippen molar-refractivity contribution in [3.63, 3.8) is 0 Å². The van der Waals surface area contributed by atoms with Gasteiger partial charge in [-0.1, -0.05) is 54.6 Å². The van der Waals surface area contributed by atoms with Gasteiger partial charge in [-0.3, -0.25) is 0 Å². The number of aromatic nitrogens is 2. The van der Waals surface area contributed by atoms with E-state index >= 15 is 0 Å². The number of imidazole rings is 1. The minimum absolute atomic E-state index is 0.922. The van der Waals surface area contributed by atoms with Crippen molar-refractivity contribution in [2.75, 3.05) is 0 Å². The highest BCUT2D eigenvalue weighted by molar-refractivity contribution is 5.96. The highest BCUT2D eigenvalue weighted by Gasteiger charge is 2.05. The summed E-state index contributed by atoms with van der Waals surface area (Å²) in [5.74, 6) is 0.922. The number of H-pyrrole nitrogens is 1. The SMILES string of the molecule is c1ccc(-c2nc3cc4ccccc4cc3[nH]2)cc1. The maximum Gasteiger partial charge on any atom is 0.138 e. The summed E-state index contributed by atoms with van der Waals surface area (Å²) in [4.78, 5) is 8.07. The number of nitrogens with one attached hydrogen (secondary N) is 1. The van der Waals surface area contributed by atoms with E-state index in [4.69, 9.17) is 0 Å². The Kier molecular flexibility index (Phi) is 2.15. The molecule has 0 saturated carbocycles. The second-order valence-corrected chi connectivity index (χ2v) is 4.67. The molecule has 2 heteroatoms. The molecule has 2 nitrogen and oxygen atoms in total. The molecule has 0 aliphatic heterocycles. The zero-order valence-electron chi connectivity index (χ0n) is 10.3. The molecule has 1 N–H and O–H groups in total. The Morgan fingerprint density at radius 2 is 1.42 bits per heavy atom. The van der Waals surface area contributed by atoms with Crippen molar-refractivity contribution in [1.29, 1.82) is 0 Å². The second-order valence-electron chi connectivity index (χ2n) is 4.67. The third-order valence-corrected chi connectivity index (χ3v) is 3.40. The van der Waals surface area contributed by atoms with Crippen LogP contribution in [0.2, 0.25) is 0 Å². The van der Waals surface area contributed by atoms with Gasteiger partial charge in [0, 0.05) is 5.56 Å². The Morgan fingerprint density at radius 3 is 2.21 bits per heavy atom. The summed E-state index contributed by atoms with van der Waals surface area (Å²) < 4.78 is 0. The first-order valence-corrected chi connectivity index (χ1v) is 6.34. The van der Waals surface area contributed by atoms with E-state index in [-0.39, 0.29) is 0 Å². The molecule has 0 bridgehead atoms. The molecular weight excluding hydrogens is 232 g/mol. The summed E-state index contributed by atoms with van der Waals surface area (Å²) in [6, 6.07) is 22.8. The molecule has 0 spiro atoms. The van der Waals surface area contributed by atoms with Gasteiger partial charge >= 0.3 is 0 Å². The van der Waals surface area contributed by atoms with Gasteiger partial charge in [0.05, 0.1) is 11.0 Å². The first-order valence-electron chi connectivity index (χ1n) is 6.34. The van der Waals surface area contributed by atoms with Crippen LogP contribution in [0, 0.1) is 0 Å². The van der Waals surface area contributed by atoms with Gasteiger partial charge < -0.3 is 4.98 Å². The van der Waals surface area contributed by atoms with Crippen molar-refractivity contribution in [3.05, 3.63) is 66.7 Å². The maximum absolute atomic E-state index is 4.68. The lowest BCUT2D eigenvalue weighted by atomic mass is 10.1. The molecule has 0 atom stereocenters. The molecule has 0 aliphatic carbocycles. The van der Waals surface area contributed by atoms with Crippen LogP contribution in [0.25, 0.3) is 33.2 Å². The van der Waals surface area contributed by atoms with E-state index in [1.54, 1.807) is 0 Å². The van der Waals surface area contributed by atoms with E-state index in [0.29, 0.717) is 0 Å². The van der Waals surface area contributed by atoms with Crippen molar-refractivity contribution in [1.82, 2.24) is 9.97 Å². The molecule has 19 heavy (non-hydrogen) atoms. The molecule has 90 valence electrons. The van der Waals surface area contributed by atoms with Crippen molar-refractivity contribution in [3.8, 4) is 11.4 Å². The molecule has 3 aromatic carbocycles. The Hall–Kier alpha value is -2.61. The normalized spacial score (nSPS) is 11.2. The van der Waals surface area contributed by atoms with Crippen LogP contribution in [0.15, 0.2) is 66.7 Å². The molecule has 0 amide bonds. The van der Waals surface area contributed by atoms with Crippen molar-refractivity contribution in [2.24, 2.45) is 0 Å². The van der Waals surface area contributed by atoms with Gasteiger partial charge in [-0.15, -0.1) is 0 Å². The lowest BCUT2D eigenvalue weighted by Gasteiger charge is -1.95. The van der Waals surface area contributed by atoms with Crippen LogP contribution in [0.3, 0.4) is 0 Å². The Labute approximate surface area is 110 Å². The molecule has 4 aromatic rings. The molecule has 0 saturated heterocycles. The molecule has 1 aromatic heterocycles. The Balaban J connectivity index is 1.98. The topological polar surface area (TPSA) is 28.7 Å². The number of hydrogen-bond donors (Lipinski definition) is 1. The van der Waals surface area contributed by atoms with Gasteiger partial charge in [0.25, 0.3) is 0 Å². The summed E-state index contributed by atoms with van der Waals surface area (Å²) in [7, 11) is 0. The van der Waals surface area contributed by atoms with Gasteiger partial charge in [0.1, 0.15) is 5.82 Å². The van der Waals surface area contributed by atoms with Gasteiger partial charge in [0.15, 0.2) is 0 Å². The van der Waals surface area contributed by atoms with Crippen LogP contribution in [0.1, 0.15) is 0 Å². The largest absolute Gasteiger partial charge is 0.338 e. The standard InChI is InChI=1S/C17H12N2/c1-2-6-12(7-3-1)17-18-15-10-13-8-4-5-9-14(13)11-16(15)19-17/h1-11H,(H,18,19). The van der Waals surface area contributed by atoms with Crippen LogP contribution in [-0.4, -0.2) is 9.97 Å². The summed E-state index contributed by atoms with van der Waals surface area (Å²) in [6.07, 6.45) is 0. The highest BCUT2D eigenvalue weighted by atomic mass is 14.9. The van der Waals surface area contributed by atoms with E-state index < -0.39 is 0 Å². The van der Waals surface area contributed by atoms with Crippen LogP contribution in [-0.2, 0) is 0 Å². The van der Waals surface area contributed by atoms with Crippen LogP contribution < -0.4 is 0 Å². The third kappa shape index (κ3) is 1.69. The molecule has 0 radical (unpaired) electrons. The summed E-state index contributed by atoms with van der Waals surface area (Å²) >= 11 is 0. The summed E-state index contributed by atoms with van der Waals surface area (Å²) in [5.41, 5.74) is 3.21. The first-order chi connectivity index (χ1) is 9.40. The molecule has 4 rings (SSSR count). The predicted molar refractivity (Wildman–Crippen MR) is 79.0 cm³/mol. The molecule has 0 aliphatic rings. The zero-order chi connectivity index (χ0) is 12.7. The van der Waals surface area contributed by atoms with Gasteiger partial charge in [0.2, 0.25) is 0 Å². The Bertz CT molecular complexity index is 808. The smallest absolute Gasteiger partial charge is 0.138 e. The van der Waals surface area contributed by atoms with E-state index in [0.717, 1.165) is 22.4 Å². The lowest BCUT2D eigenvalue weighted by molar-refractivity contribution is 1.34. The third-order valence-electron chi connectivity index (χ3n) is 3.40. The summed E-state index contributed by atoms with van der Waals surface area (Å²) in [6.45, 7) is 0. The summed E-state index contributed by atoms with van der Waals surface area (Å²) in [5, 5.41) is 2.46. The minimum Gasteiger partial charge on any atom is -0.338 e. The van der Waals surface area contributed by atoms with E-state index in [2.05, 4.69) is 58.5 Å². The number of rotatable bonds is 1. The van der Waals surface area contributed by atoms with Crippen molar-refractivity contribution < 1.29 is 0 Å². The number of aromatic amines is 1. The Morgan fingerprint density at radius 1 is 0.737 bits per heavy atom. The van der Waals surface area contributed by atoms with Crippen LogP contribution in [0.4, 0.5) is 0 Å². The number of benzene rings is 3. The van der Waals surface area contributed by atoms with E-state index in [9.17, 15) is 0 Å². The fraction of sp³-hybridized carbons (Fsp3) is 0. The lowest BCUT2D eigenvalue weighted by Crippen LogP contribution is -1.77. The number of fused-ring (bicyclic) bond motifs is 2. The van der Waals surface area contributed by atoms with Crippen molar-refractivity contribution in [2.45, 2.75) is 0 Å². The van der Waals surface area contributed by atoms with Gasteiger partial charge in [-0.25, -0.2) is 4.98 Å². The average molecular weight is 244 g/mol. The van der Waals surface area contributed by atoms with Gasteiger partial charge in [-0.2, -0.15) is 0 Å². The van der Waals surface area contributed by atoms with Crippen LogP contribution >= 0.6 is 0 Å². The molecular formula is C17H12N2. The quantitative estimate of drug-likeness (QED) is 0.528.